The smallest absolute Gasteiger partial charge is 0.221 e. The van der Waals surface area contributed by atoms with Crippen LogP contribution in [0.5, 0.6) is 0 Å². The second-order valence-electron chi connectivity index (χ2n) is 7.89. The zero-order valence-corrected chi connectivity index (χ0v) is 16.4. The molecule has 138 valence electrons. The SMILES string of the molecule is CCNC(=NCCc1ccc(NC(C)=O)cc1)N1CC(C)(C)C1(C)C. The van der Waals surface area contributed by atoms with Crippen molar-refractivity contribution in [1.29, 1.82) is 0 Å². The largest absolute Gasteiger partial charge is 0.356 e. The third kappa shape index (κ3) is 4.33. The summed E-state index contributed by atoms with van der Waals surface area (Å²) >= 11 is 0. The molecule has 1 fully saturated rings. The molecule has 0 atom stereocenters. The Kier molecular flexibility index (Phi) is 5.76. The predicted molar refractivity (Wildman–Crippen MR) is 105 cm³/mol. The van der Waals surface area contributed by atoms with Crippen molar-refractivity contribution in [2.75, 3.05) is 25.0 Å². The number of hydrogen-bond acceptors (Lipinski definition) is 2. The van der Waals surface area contributed by atoms with Gasteiger partial charge in [0.1, 0.15) is 0 Å². The molecule has 25 heavy (non-hydrogen) atoms. The maximum Gasteiger partial charge on any atom is 0.221 e. The molecule has 0 aromatic heterocycles. The Morgan fingerprint density at radius 1 is 1.20 bits per heavy atom. The fourth-order valence-corrected chi connectivity index (χ4v) is 3.04. The molecular formula is C20H32N4O. The number of amides is 1. The number of nitrogens with zero attached hydrogens (tertiary/aromatic N) is 2. The lowest BCUT2D eigenvalue weighted by Gasteiger charge is -2.62. The van der Waals surface area contributed by atoms with E-state index in [0.29, 0.717) is 5.41 Å². The van der Waals surface area contributed by atoms with Crippen molar-refractivity contribution in [1.82, 2.24) is 10.2 Å². The van der Waals surface area contributed by atoms with Gasteiger partial charge in [0, 0.05) is 43.2 Å². The van der Waals surface area contributed by atoms with Crippen molar-refractivity contribution in [2.45, 2.75) is 53.5 Å². The molecule has 5 heteroatoms. The van der Waals surface area contributed by atoms with E-state index in [0.717, 1.165) is 37.7 Å². The lowest BCUT2D eigenvalue weighted by molar-refractivity contribution is -0.114. The summed E-state index contributed by atoms with van der Waals surface area (Å²) in [6.45, 7) is 15.4. The van der Waals surface area contributed by atoms with Gasteiger partial charge >= 0.3 is 0 Å². The summed E-state index contributed by atoms with van der Waals surface area (Å²) < 4.78 is 0. The van der Waals surface area contributed by atoms with Crippen LogP contribution in [0.2, 0.25) is 0 Å². The van der Waals surface area contributed by atoms with Gasteiger partial charge in [-0.2, -0.15) is 0 Å². The Morgan fingerprint density at radius 3 is 2.32 bits per heavy atom. The van der Waals surface area contributed by atoms with E-state index in [2.05, 4.69) is 50.2 Å². The minimum atomic E-state index is -0.0484. The van der Waals surface area contributed by atoms with Gasteiger partial charge in [0.2, 0.25) is 5.91 Å². The minimum absolute atomic E-state index is 0.0484. The molecule has 1 saturated heterocycles. The Hall–Kier alpha value is -2.04. The van der Waals surface area contributed by atoms with Crippen molar-refractivity contribution >= 4 is 17.6 Å². The first kappa shape index (κ1) is 19.3. The highest BCUT2D eigenvalue weighted by atomic mass is 16.1. The monoisotopic (exact) mass is 344 g/mol. The van der Waals surface area contributed by atoms with Crippen LogP contribution < -0.4 is 10.6 Å². The summed E-state index contributed by atoms with van der Waals surface area (Å²) in [5, 5.41) is 6.21. The maximum atomic E-state index is 11.1. The first-order valence-corrected chi connectivity index (χ1v) is 9.10. The number of benzene rings is 1. The molecule has 2 rings (SSSR count). The Bertz CT molecular complexity index is 632. The Morgan fingerprint density at radius 2 is 1.84 bits per heavy atom. The number of anilines is 1. The van der Waals surface area contributed by atoms with E-state index in [9.17, 15) is 4.79 Å². The fourth-order valence-electron chi connectivity index (χ4n) is 3.04. The number of likely N-dealkylation sites (tertiary alicyclic amines) is 1. The van der Waals surface area contributed by atoms with E-state index in [1.54, 1.807) is 0 Å². The molecule has 0 unspecified atom stereocenters. The molecule has 0 radical (unpaired) electrons. The van der Waals surface area contributed by atoms with E-state index in [1.165, 1.54) is 12.5 Å². The van der Waals surface area contributed by atoms with Crippen LogP contribution in [0.4, 0.5) is 5.69 Å². The van der Waals surface area contributed by atoms with Gasteiger partial charge in [-0.1, -0.05) is 26.0 Å². The van der Waals surface area contributed by atoms with Crippen LogP contribution in [0, 0.1) is 5.41 Å². The van der Waals surface area contributed by atoms with Crippen LogP contribution in [-0.4, -0.2) is 41.9 Å². The molecule has 0 saturated carbocycles. The number of aliphatic imine (C=N–C) groups is 1. The summed E-state index contributed by atoms with van der Waals surface area (Å²) in [6.07, 6.45) is 0.882. The summed E-state index contributed by atoms with van der Waals surface area (Å²) in [7, 11) is 0. The van der Waals surface area contributed by atoms with Crippen LogP contribution in [0.1, 0.15) is 47.1 Å². The average Bonchev–Trinajstić information content (AvgIpc) is 2.53. The standard InChI is InChI=1S/C20H32N4O/c1-7-21-18(24-14-19(3,4)20(24,5)6)22-13-12-16-8-10-17(11-9-16)23-15(2)25/h8-11H,7,12-14H2,1-6H3,(H,21,22)(H,23,25). The van der Waals surface area contributed by atoms with Crippen LogP contribution in [0.15, 0.2) is 29.3 Å². The number of guanidine groups is 1. The molecule has 0 aliphatic carbocycles. The highest BCUT2D eigenvalue weighted by molar-refractivity contribution is 5.88. The molecule has 1 aliphatic rings. The number of hydrogen-bond donors (Lipinski definition) is 2. The molecule has 1 amide bonds. The quantitative estimate of drug-likeness (QED) is 0.637. The van der Waals surface area contributed by atoms with Crippen molar-refractivity contribution in [2.24, 2.45) is 10.4 Å². The van der Waals surface area contributed by atoms with Gasteiger partial charge in [0.15, 0.2) is 5.96 Å². The maximum absolute atomic E-state index is 11.1. The van der Waals surface area contributed by atoms with E-state index in [-0.39, 0.29) is 11.4 Å². The second-order valence-corrected chi connectivity index (χ2v) is 7.89. The molecule has 2 N–H and O–H groups in total. The van der Waals surface area contributed by atoms with E-state index in [4.69, 9.17) is 4.99 Å². The molecule has 1 aliphatic heterocycles. The van der Waals surface area contributed by atoms with Crippen LogP contribution in [-0.2, 0) is 11.2 Å². The van der Waals surface area contributed by atoms with E-state index >= 15 is 0 Å². The van der Waals surface area contributed by atoms with Gasteiger partial charge < -0.3 is 15.5 Å². The van der Waals surface area contributed by atoms with Gasteiger partial charge in [-0.05, 0) is 44.9 Å². The number of rotatable bonds is 5. The van der Waals surface area contributed by atoms with Crippen molar-refractivity contribution in [3.8, 4) is 0 Å². The van der Waals surface area contributed by atoms with Gasteiger partial charge in [0.25, 0.3) is 0 Å². The van der Waals surface area contributed by atoms with Crippen molar-refractivity contribution in [3.05, 3.63) is 29.8 Å². The van der Waals surface area contributed by atoms with Crippen LogP contribution >= 0.6 is 0 Å². The van der Waals surface area contributed by atoms with Gasteiger partial charge in [-0.15, -0.1) is 0 Å². The molecule has 1 heterocycles. The first-order valence-electron chi connectivity index (χ1n) is 9.10. The van der Waals surface area contributed by atoms with Crippen LogP contribution in [0.3, 0.4) is 0 Å². The van der Waals surface area contributed by atoms with Crippen LogP contribution in [0.25, 0.3) is 0 Å². The third-order valence-electron chi connectivity index (χ3n) is 5.41. The lowest BCUT2D eigenvalue weighted by atomic mass is 9.65. The topological polar surface area (TPSA) is 56.7 Å². The van der Waals surface area contributed by atoms with Gasteiger partial charge in [0.05, 0.1) is 0 Å². The summed E-state index contributed by atoms with van der Waals surface area (Å²) in [5.74, 6) is 0.953. The zero-order chi connectivity index (χ0) is 18.7. The van der Waals surface area contributed by atoms with Gasteiger partial charge in [-0.3, -0.25) is 9.79 Å². The molecule has 0 spiro atoms. The summed E-state index contributed by atoms with van der Waals surface area (Å²) in [6, 6.07) is 7.97. The highest BCUT2D eigenvalue weighted by Crippen LogP contribution is 2.46. The zero-order valence-electron chi connectivity index (χ0n) is 16.4. The Labute approximate surface area is 151 Å². The van der Waals surface area contributed by atoms with Crippen molar-refractivity contribution in [3.63, 3.8) is 0 Å². The number of carbonyl (C=O) groups is 1. The molecular weight excluding hydrogens is 312 g/mol. The average molecular weight is 345 g/mol. The second kappa shape index (κ2) is 7.46. The van der Waals surface area contributed by atoms with E-state index < -0.39 is 0 Å². The number of nitrogens with one attached hydrogen (secondary N) is 2. The normalized spacial score (nSPS) is 18.5. The molecule has 1 aromatic rings. The molecule has 0 bridgehead atoms. The van der Waals surface area contributed by atoms with E-state index in [1.807, 2.05) is 24.3 Å². The predicted octanol–water partition coefficient (Wildman–Crippen LogP) is 3.27. The Balaban J connectivity index is 1.97. The summed E-state index contributed by atoms with van der Waals surface area (Å²) in [4.78, 5) is 18.3. The molecule has 1 aromatic carbocycles. The van der Waals surface area contributed by atoms with Crippen molar-refractivity contribution < 1.29 is 4.79 Å². The fraction of sp³-hybridized carbons (Fsp3) is 0.600. The third-order valence-corrected chi connectivity index (χ3v) is 5.41. The summed E-state index contributed by atoms with van der Waals surface area (Å²) in [5.41, 5.74) is 2.45. The highest BCUT2D eigenvalue weighted by Gasteiger charge is 2.53. The molecule has 5 nitrogen and oxygen atoms in total. The number of carbonyl (C=O) groups excluding carboxylic acids is 1. The first-order chi connectivity index (χ1) is 11.7. The van der Waals surface area contributed by atoms with Gasteiger partial charge in [-0.25, -0.2) is 0 Å². The lowest BCUT2D eigenvalue weighted by Crippen LogP contribution is -2.72. The minimum Gasteiger partial charge on any atom is -0.356 e.